The van der Waals surface area contributed by atoms with Crippen molar-refractivity contribution in [1.29, 1.82) is 0 Å². The maximum atomic E-state index is 14.0. The van der Waals surface area contributed by atoms with Crippen LogP contribution in [0.15, 0.2) is 36.4 Å². The van der Waals surface area contributed by atoms with Crippen LogP contribution in [-0.4, -0.2) is 6.54 Å². The molecule has 0 radical (unpaired) electrons. The number of likely N-dealkylation sites (N-methyl/N-ethyl adjacent to an activating group) is 1. The van der Waals surface area contributed by atoms with E-state index in [4.69, 9.17) is 11.6 Å². The molecule has 0 bridgehead atoms. The fourth-order valence-electron chi connectivity index (χ4n) is 2.58. The van der Waals surface area contributed by atoms with Gasteiger partial charge in [0.25, 0.3) is 0 Å². The average molecular weight is 306 g/mol. The first-order valence-electron chi connectivity index (χ1n) is 7.25. The van der Waals surface area contributed by atoms with E-state index in [1.807, 2.05) is 0 Å². The summed E-state index contributed by atoms with van der Waals surface area (Å²) in [6, 6.07) is 11.4. The van der Waals surface area contributed by atoms with Crippen LogP contribution in [0, 0.1) is 19.7 Å². The summed E-state index contributed by atoms with van der Waals surface area (Å²) in [5.74, 6) is -0.240. The zero-order chi connectivity index (χ0) is 15.4. The lowest BCUT2D eigenvalue weighted by Gasteiger charge is -2.21. The number of hydrogen-bond donors (Lipinski definition) is 1. The van der Waals surface area contributed by atoms with Gasteiger partial charge in [-0.1, -0.05) is 48.4 Å². The zero-order valence-corrected chi connectivity index (χ0v) is 13.5. The lowest BCUT2D eigenvalue weighted by molar-refractivity contribution is 0.526. The Morgan fingerprint density at radius 1 is 1.14 bits per heavy atom. The molecule has 0 aliphatic heterocycles. The molecule has 1 unspecified atom stereocenters. The second-order valence-corrected chi connectivity index (χ2v) is 5.85. The molecule has 21 heavy (non-hydrogen) atoms. The van der Waals surface area contributed by atoms with Gasteiger partial charge in [0.15, 0.2) is 0 Å². The van der Waals surface area contributed by atoms with Crippen molar-refractivity contribution in [3.05, 3.63) is 69.5 Å². The summed E-state index contributed by atoms with van der Waals surface area (Å²) in [5, 5.41) is 3.89. The van der Waals surface area contributed by atoms with Crippen molar-refractivity contribution >= 4 is 11.6 Å². The van der Waals surface area contributed by atoms with Crippen LogP contribution >= 0.6 is 11.6 Å². The Morgan fingerprint density at radius 3 is 2.57 bits per heavy atom. The van der Waals surface area contributed by atoms with Crippen molar-refractivity contribution in [2.24, 2.45) is 0 Å². The summed E-state index contributed by atoms with van der Waals surface area (Å²) in [5.41, 5.74) is 4.36. The zero-order valence-electron chi connectivity index (χ0n) is 12.7. The first kappa shape index (κ1) is 16.0. The van der Waals surface area contributed by atoms with Gasteiger partial charge in [-0.05, 0) is 55.6 Å². The Bertz CT molecular complexity index is 625. The maximum absolute atomic E-state index is 14.0. The molecule has 112 valence electrons. The predicted octanol–water partition coefficient (Wildman–Crippen LogP) is 4.99. The van der Waals surface area contributed by atoms with Gasteiger partial charge in [0.2, 0.25) is 0 Å². The van der Waals surface area contributed by atoms with Gasteiger partial charge in [0.05, 0.1) is 0 Å². The van der Waals surface area contributed by atoms with Gasteiger partial charge in [0, 0.05) is 11.1 Å². The third-order valence-electron chi connectivity index (χ3n) is 3.70. The first-order chi connectivity index (χ1) is 10.0. The monoisotopic (exact) mass is 305 g/mol. The minimum Gasteiger partial charge on any atom is -0.310 e. The highest BCUT2D eigenvalue weighted by Crippen LogP contribution is 2.25. The van der Waals surface area contributed by atoms with E-state index in [0.717, 1.165) is 6.54 Å². The van der Waals surface area contributed by atoms with Crippen LogP contribution in [-0.2, 0) is 6.42 Å². The minimum absolute atomic E-state index is 0.102. The van der Waals surface area contributed by atoms with E-state index in [2.05, 4.69) is 44.3 Å². The highest BCUT2D eigenvalue weighted by molar-refractivity contribution is 6.30. The van der Waals surface area contributed by atoms with Crippen molar-refractivity contribution in [3.63, 3.8) is 0 Å². The number of hydrogen-bond acceptors (Lipinski definition) is 1. The van der Waals surface area contributed by atoms with E-state index in [1.54, 1.807) is 12.1 Å². The Balaban J connectivity index is 2.32. The van der Waals surface area contributed by atoms with Gasteiger partial charge < -0.3 is 5.32 Å². The molecule has 0 aliphatic rings. The molecule has 1 N–H and O–H groups in total. The molecule has 1 atom stereocenters. The van der Waals surface area contributed by atoms with E-state index in [1.165, 1.54) is 22.8 Å². The lowest BCUT2D eigenvalue weighted by Crippen LogP contribution is -2.24. The number of aryl methyl sites for hydroxylation is 2. The Hall–Kier alpha value is -1.38. The standard InChI is InChI=1S/C18H21ClFN/c1-4-21-18(16-9-12(2)5-6-13(16)3)10-14-7-8-15(19)11-17(14)20/h5-9,11,18,21H,4,10H2,1-3H3. The fraction of sp³-hybridized carbons (Fsp3) is 0.333. The van der Waals surface area contributed by atoms with E-state index < -0.39 is 0 Å². The first-order valence-corrected chi connectivity index (χ1v) is 7.63. The van der Waals surface area contributed by atoms with Crippen LogP contribution in [0.2, 0.25) is 5.02 Å². The predicted molar refractivity (Wildman–Crippen MR) is 87.4 cm³/mol. The summed E-state index contributed by atoms with van der Waals surface area (Å²) in [7, 11) is 0. The molecule has 2 aromatic carbocycles. The van der Waals surface area contributed by atoms with Crippen molar-refractivity contribution in [2.45, 2.75) is 33.2 Å². The topological polar surface area (TPSA) is 12.0 Å². The smallest absolute Gasteiger partial charge is 0.127 e. The second kappa shape index (κ2) is 7.06. The largest absolute Gasteiger partial charge is 0.310 e. The molecule has 2 rings (SSSR count). The highest BCUT2D eigenvalue weighted by atomic mass is 35.5. The third-order valence-corrected chi connectivity index (χ3v) is 3.93. The summed E-state index contributed by atoms with van der Waals surface area (Å²) in [6.07, 6.45) is 0.612. The van der Waals surface area contributed by atoms with Gasteiger partial charge in [-0.25, -0.2) is 4.39 Å². The molecule has 0 saturated carbocycles. The van der Waals surface area contributed by atoms with Crippen LogP contribution in [0.4, 0.5) is 4.39 Å². The fourth-order valence-corrected chi connectivity index (χ4v) is 2.74. The van der Waals surface area contributed by atoms with Crippen molar-refractivity contribution in [3.8, 4) is 0 Å². The van der Waals surface area contributed by atoms with Gasteiger partial charge >= 0.3 is 0 Å². The molecule has 0 saturated heterocycles. The van der Waals surface area contributed by atoms with E-state index in [-0.39, 0.29) is 11.9 Å². The van der Waals surface area contributed by atoms with Crippen LogP contribution in [0.1, 0.15) is 35.2 Å². The quantitative estimate of drug-likeness (QED) is 0.820. The van der Waals surface area contributed by atoms with Crippen molar-refractivity contribution in [2.75, 3.05) is 6.54 Å². The Kier molecular flexibility index (Phi) is 5.38. The summed E-state index contributed by atoms with van der Waals surface area (Å²) >= 11 is 5.82. The SMILES string of the molecule is CCNC(Cc1ccc(Cl)cc1F)c1cc(C)ccc1C. The summed E-state index contributed by atoms with van der Waals surface area (Å²) in [6.45, 7) is 7.08. The number of benzene rings is 2. The highest BCUT2D eigenvalue weighted by Gasteiger charge is 2.16. The van der Waals surface area contributed by atoms with Crippen LogP contribution in [0.3, 0.4) is 0 Å². The summed E-state index contributed by atoms with van der Waals surface area (Å²) < 4.78 is 14.0. The van der Waals surface area contributed by atoms with E-state index >= 15 is 0 Å². The third kappa shape index (κ3) is 4.05. The molecule has 0 aliphatic carbocycles. The van der Waals surface area contributed by atoms with Gasteiger partial charge in [-0.15, -0.1) is 0 Å². The molecule has 1 nitrogen and oxygen atoms in total. The Morgan fingerprint density at radius 2 is 1.90 bits per heavy atom. The lowest BCUT2D eigenvalue weighted by atomic mass is 9.93. The van der Waals surface area contributed by atoms with Crippen LogP contribution in [0.5, 0.6) is 0 Å². The van der Waals surface area contributed by atoms with Gasteiger partial charge in [0.1, 0.15) is 5.82 Å². The molecule has 0 amide bonds. The van der Waals surface area contributed by atoms with E-state index in [0.29, 0.717) is 17.0 Å². The Labute approximate surface area is 131 Å². The van der Waals surface area contributed by atoms with Crippen molar-refractivity contribution < 1.29 is 4.39 Å². The number of rotatable bonds is 5. The number of halogens is 2. The van der Waals surface area contributed by atoms with Crippen LogP contribution in [0.25, 0.3) is 0 Å². The minimum atomic E-state index is -0.240. The molecule has 0 aromatic heterocycles. The second-order valence-electron chi connectivity index (χ2n) is 5.41. The molecular formula is C18H21ClFN. The van der Waals surface area contributed by atoms with E-state index in [9.17, 15) is 4.39 Å². The van der Waals surface area contributed by atoms with Crippen LogP contribution < -0.4 is 5.32 Å². The van der Waals surface area contributed by atoms with Gasteiger partial charge in [-0.3, -0.25) is 0 Å². The molecule has 2 aromatic rings. The summed E-state index contributed by atoms with van der Waals surface area (Å²) in [4.78, 5) is 0. The molecule has 0 heterocycles. The molecule has 3 heteroatoms. The molecule has 0 spiro atoms. The maximum Gasteiger partial charge on any atom is 0.127 e. The average Bonchev–Trinajstić information content (AvgIpc) is 2.44. The molecular weight excluding hydrogens is 285 g/mol. The van der Waals surface area contributed by atoms with Gasteiger partial charge in [-0.2, -0.15) is 0 Å². The molecule has 0 fully saturated rings. The van der Waals surface area contributed by atoms with Crippen molar-refractivity contribution in [1.82, 2.24) is 5.32 Å². The number of nitrogens with one attached hydrogen (secondary N) is 1. The normalized spacial score (nSPS) is 12.4.